The highest BCUT2D eigenvalue weighted by molar-refractivity contribution is 6.33. The molecule has 0 bridgehead atoms. The number of allylic oxidation sites excluding steroid dienone is 8. The van der Waals surface area contributed by atoms with Gasteiger partial charge in [0.2, 0.25) is 0 Å². The van der Waals surface area contributed by atoms with E-state index in [9.17, 15) is 0 Å². The van der Waals surface area contributed by atoms with E-state index in [0.29, 0.717) is 0 Å². The lowest BCUT2D eigenvalue weighted by Crippen LogP contribution is -1.98. The fourth-order valence-electron chi connectivity index (χ4n) is 1.43. The van der Waals surface area contributed by atoms with Crippen molar-refractivity contribution in [2.75, 3.05) is 0 Å². The van der Waals surface area contributed by atoms with Crippen LogP contribution in [-0.2, 0) is 0 Å². The Morgan fingerprint density at radius 1 is 0.833 bits per heavy atom. The van der Waals surface area contributed by atoms with Gasteiger partial charge in [-0.3, -0.25) is 0 Å². The second-order valence-corrected chi connectivity index (χ2v) is 3.76. The van der Waals surface area contributed by atoms with Gasteiger partial charge in [-0.2, -0.15) is 0 Å². The summed E-state index contributed by atoms with van der Waals surface area (Å²) in [6, 6.07) is 0. The van der Waals surface area contributed by atoms with Crippen LogP contribution in [0.25, 0.3) is 0 Å². The molecule has 2 aliphatic carbocycles. The molecule has 12 heavy (non-hydrogen) atoms. The molecule has 0 aromatic rings. The summed E-state index contributed by atoms with van der Waals surface area (Å²) in [5.41, 5.74) is 2.19. The van der Waals surface area contributed by atoms with Gasteiger partial charge in [0.1, 0.15) is 0 Å². The maximum Gasteiger partial charge on any atom is 0.0297 e. The van der Waals surface area contributed by atoms with E-state index >= 15 is 0 Å². The second kappa shape index (κ2) is 3.12. The third-order valence-electron chi connectivity index (χ3n) is 2.04. The Hall–Kier alpha value is -0.460. The van der Waals surface area contributed by atoms with Gasteiger partial charge < -0.3 is 0 Å². The molecule has 0 unspecified atom stereocenters. The van der Waals surface area contributed by atoms with Crippen LogP contribution in [0, 0.1) is 0 Å². The van der Waals surface area contributed by atoms with E-state index < -0.39 is 0 Å². The molecule has 0 fully saturated rings. The lowest BCUT2D eigenvalue weighted by atomic mass is 9.94. The third kappa shape index (κ3) is 1.26. The molecular formula is C10H8Cl2. The quantitative estimate of drug-likeness (QED) is 0.555. The van der Waals surface area contributed by atoms with Gasteiger partial charge in [-0.05, 0) is 11.1 Å². The molecule has 2 aliphatic rings. The van der Waals surface area contributed by atoms with Gasteiger partial charge in [0.05, 0.1) is 0 Å². The topological polar surface area (TPSA) is 0 Å². The highest BCUT2D eigenvalue weighted by Crippen LogP contribution is 2.35. The summed E-state index contributed by atoms with van der Waals surface area (Å²) in [6.07, 6.45) is 9.84. The smallest absolute Gasteiger partial charge is 0.0297 e. The molecule has 0 nitrogen and oxygen atoms in total. The summed E-state index contributed by atoms with van der Waals surface area (Å²) in [4.78, 5) is 0. The van der Waals surface area contributed by atoms with E-state index in [4.69, 9.17) is 23.2 Å². The van der Waals surface area contributed by atoms with E-state index in [-0.39, 0.29) is 0 Å². The maximum atomic E-state index is 6.04. The van der Waals surface area contributed by atoms with Crippen LogP contribution < -0.4 is 0 Å². The first-order valence-corrected chi connectivity index (χ1v) is 4.65. The van der Waals surface area contributed by atoms with Crippen LogP contribution in [0.15, 0.2) is 45.5 Å². The molecule has 0 radical (unpaired) electrons. The zero-order chi connectivity index (χ0) is 8.55. The summed E-state index contributed by atoms with van der Waals surface area (Å²) in [5, 5.41) is 1.78. The molecule has 2 heteroatoms. The molecule has 0 amide bonds. The van der Waals surface area contributed by atoms with Crippen LogP contribution in [0.5, 0.6) is 0 Å². The Balaban J connectivity index is 2.53. The molecule has 0 aliphatic heterocycles. The van der Waals surface area contributed by atoms with Gasteiger partial charge in [0.15, 0.2) is 0 Å². The Bertz CT molecular complexity index is 296. The monoisotopic (exact) mass is 198 g/mol. The molecule has 0 N–H and O–H groups in total. The second-order valence-electron chi connectivity index (χ2n) is 2.85. The zero-order valence-corrected chi connectivity index (χ0v) is 7.99. The average Bonchev–Trinajstić information content (AvgIpc) is 2.07. The summed E-state index contributed by atoms with van der Waals surface area (Å²) >= 11 is 12.1. The van der Waals surface area contributed by atoms with Crippen molar-refractivity contribution < 1.29 is 0 Å². The van der Waals surface area contributed by atoms with Crippen LogP contribution in [0.3, 0.4) is 0 Å². The molecule has 0 aromatic heterocycles. The summed E-state index contributed by atoms with van der Waals surface area (Å²) in [6.45, 7) is 0. The van der Waals surface area contributed by atoms with Crippen molar-refractivity contribution in [3.63, 3.8) is 0 Å². The van der Waals surface area contributed by atoms with Crippen molar-refractivity contribution in [3.05, 3.63) is 45.5 Å². The predicted octanol–water partition coefficient (Wildman–Crippen LogP) is 3.89. The molecule has 62 valence electrons. The van der Waals surface area contributed by atoms with Crippen molar-refractivity contribution in [1.82, 2.24) is 0 Å². The van der Waals surface area contributed by atoms with Crippen molar-refractivity contribution in [2.45, 2.75) is 12.8 Å². The zero-order valence-electron chi connectivity index (χ0n) is 6.48. The third-order valence-corrected chi connectivity index (χ3v) is 2.75. The fourth-order valence-corrected chi connectivity index (χ4v) is 1.94. The highest BCUT2D eigenvalue weighted by atomic mass is 35.5. The van der Waals surface area contributed by atoms with Gasteiger partial charge in [0.25, 0.3) is 0 Å². The Labute approximate surface area is 81.9 Å². The van der Waals surface area contributed by atoms with Crippen molar-refractivity contribution in [2.24, 2.45) is 0 Å². The first kappa shape index (κ1) is 8.15. The van der Waals surface area contributed by atoms with Crippen LogP contribution in [0.2, 0.25) is 0 Å². The summed E-state index contributed by atoms with van der Waals surface area (Å²) in [7, 11) is 0. The maximum absolute atomic E-state index is 6.04. The molecule has 0 atom stereocenters. The van der Waals surface area contributed by atoms with E-state index in [1.807, 2.05) is 24.3 Å². The minimum Gasteiger partial charge on any atom is -0.0881 e. The predicted molar refractivity (Wildman–Crippen MR) is 53.3 cm³/mol. The summed E-state index contributed by atoms with van der Waals surface area (Å²) in [5.74, 6) is 0. The van der Waals surface area contributed by atoms with E-state index in [1.54, 1.807) is 0 Å². The lowest BCUT2D eigenvalue weighted by molar-refractivity contribution is 1.19. The average molecular weight is 199 g/mol. The molecule has 2 rings (SSSR count). The lowest BCUT2D eigenvalue weighted by Gasteiger charge is -2.16. The van der Waals surface area contributed by atoms with Crippen molar-refractivity contribution in [1.29, 1.82) is 0 Å². The summed E-state index contributed by atoms with van der Waals surface area (Å²) < 4.78 is 0. The first-order chi connectivity index (χ1) is 5.79. The van der Waals surface area contributed by atoms with Crippen LogP contribution in [-0.4, -0.2) is 0 Å². The highest BCUT2D eigenvalue weighted by Gasteiger charge is 2.15. The normalized spacial score (nSPS) is 21.8. The number of hydrogen-bond acceptors (Lipinski definition) is 0. The number of fused-ring (bicyclic) bond motifs is 1. The van der Waals surface area contributed by atoms with Gasteiger partial charge in [-0.1, -0.05) is 47.5 Å². The number of halogens is 2. The van der Waals surface area contributed by atoms with Gasteiger partial charge in [-0.25, -0.2) is 0 Å². The molecule has 0 saturated heterocycles. The molecular weight excluding hydrogens is 191 g/mol. The van der Waals surface area contributed by atoms with Crippen molar-refractivity contribution >= 4 is 23.2 Å². The van der Waals surface area contributed by atoms with Crippen LogP contribution in [0.4, 0.5) is 0 Å². The molecule has 0 heterocycles. The van der Waals surface area contributed by atoms with Gasteiger partial charge in [0, 0.05) is 22.9 Å². The molecule has 0 spiro atoms. The largest absolute Gasteiger partial charge is 0.0881 e. The first-order valence-electron chi connectivity index (χ1n) is 3.90. The van der Waals surface area contributed by atoms with E-state index in [1.165, 1.54) is 0 Å². The van der Waals surface area contributed by atoms with Gasteiger partial charge in [-0.15, -0.1) is 0 Å². The van der Waals surface area contributed by atoms with Crippen LogP contribution in [0.1, 0.15) is 12.8 Å². The number of rotatable bonds is 0. The van der Waals surface area contributed by atoms with Crippen molar-refractivity contribution in [3.8, 4) is 0 Å². The minimum atomic E-state index is 0.828. The van der Waals surface area contributed by atoms with Crippen LogP contribution >= 0.6 is 23.2 Å². The number of hydrogen-bond donors (Lipinski definition) is 0. The van der Waals surface area contributed by atoms with E-state index in [2.05, 4.69) is 0 Å². The Kier molecular flexibility index (Phi) is 2.12. The standard InChI is InChI=1S/C10H8Cl2/c11-9-5-1-3-7-8(9)4-2-6-10(7)12/h1-4H,5-6H2. The molecule has 0 saturated carbocycles. The Morgan fingerprint density at radius 3 is 1.67 bits per heavy atom. The van der Waals surface area contributed by atoms with Gasteiger partial charge >= 0.3 is 0 Å². The molecule has 0 aromatic carbocycles. The minimum absolute atomic E-state index is 0.828. The van der Waals surface area contributed by atoms with E-state index in [0.717, 1.165) is 34.1 Å². The fraction of sp³-hybridized carbons (Fsp3) is 0.200. The Morgan fingerprint density at radius 2 is 1.25 bits per heavy atom. The SMILES string of the molecule is ClC1=C2C=CCC(Cl)=C2C=CC1.